The molecule has 3 N–H and O–H groups in total. The van der Waals surface area contributed by atoms with Crippen LogP contribution in [0.25, 0.3) is 11.0 Å². The number of hydrogen-bond donors (Lipinski definition) is 3. The van der Waals surface area contributed by atoms with Crippen LogP contribution in [0, 0.1) is 17.2 Å². The molecule has 0 saturated heterocycles. The van der Waals surface area contributed by atoms with Gasteiger partial charge in [-0.25, -0.2) is 4.98 Å². The fourth-order valence-corrected chi connectivity index (χ4v) is 4.98. The molecule has 2 aromatic heterocycles. The van der Waals surface area contributed by atoms with Crippen LogP contribution in [0.5, 0.6) is 0 Å². The topological polar surface area (TPSA) is 155 Å². The summed E-state index contributed by atoms with van der Waals surface area (Å²) in [5.74, 6) is -0.833. The number of aromatic nitrogens is 2. The quantitative estimate of drug-likeness (QED) is 0.104. The molecule has 10 nitrogen and oxygen atoms in total. The highest BCUT2D eigenvalue weighted by atomic mass is 32.2. The summed E-state index contributed by atoms with van der Waals surface area (Å²) >= 11 is 0. The Morgan fingerprint density at radius 3 is 2.69 bits per heavy atom. The number of carbonyl (C=O) groups is 1. The molecule has 0 aliphatic carbocycles. The molecule has 3 rings (SSSR count). The van der Waals surface area contributed by atoms with Crippen molar-refractivity contribution in [2.75, 3.05) is 18.9 Å². The van der Waals surface area contributed by atoms with E-state index in [2.05, 4.69) is 16.4 Å². The summed E-state index contributed by atoms with van der Waals surface area (Å²) < 4.78 is 38.3. The van der Waals surface area contributed by atoms with Crippen molar-refractivity contribution in [2.45, 2.75) is 51.9 Å². The lowest BCUT2D eigenvalue weighted by Gasteiger charge is -2.17. The molecular weight excluding hydrogens is 520 g/mol. The second-order valence-electron chi connectivity index (χ2n) is 9.81. The van der Waals surface area contributed by atoms with E-state index in [1.165, 1.54) is 6.20 Å². The SMILES string of the molecule is C[C@@H](CC(=O)c1c(CCCCOCc2ccccc2)n(C)c2ncc(C#N)cc12)CC(O)NCCS(=O)(=O)O. The molecule has 210 valence electrons. The molecule has 3 aromatic rings. The number of unbranched alkanes of at least 4 members (excludes halogenated alkanes) is 1. The third-order valence-corrected chi connectivity index (χ3v) is 7.24. The number of ketones is 1. The molecule has 2 atom stereocenters. The highest BCUT2D eigenvalue weighted by molar-refractivity contribution is 7.85. The van der Waals surface area contributed by atoms with Crippen LogP contribution in [0.1, 0.15) is 59.8 Å². The van der Waals surface area contributed by atoms with Gasteiger partial charge in [-0.15, -0.1) is 0 Å². The maximum atomic E-state index is 13.6. The summed E-state index contributed by atoms with van der Waals surface area (Å²) in [7, 11) is -2.26. The molecule has 0 spiro atoms. The predicted molar refractivity (Wildman–Crippen MR) is 148 cm³/mol. The Balaban J connectivity index is 1.66. The third kappa shape index (κ3) is 9.23. The maximum Gasteiger partial charge on any atom is 0.266 e. The van der Waals surface area contributed by atoms with Gasteiger partial charge in [-0.1, -0.05) is 37.3 Å². The number of benzene rings is 1. The van der Waals surface area contributed by atoms with Crippen LogP contribution >= 0.6 is 0 Å². The molecule has 0 amide bonds. The minimum atomic E-state index is -4.13. The van der Waals surface area contributed by atoms with Crippen molar-refractivity contribution in [3.63, 3.8) is 0 Å². The van der Waals surface area contributed by atoms with Crippen molar-refractivity contribution in [1.29, 1.82) is 5.26 Å². The molecule has 0 aliphatic rings. The van der Waals surface area contributed by atoms with Gasteiger partial charge in [0.25, 0.3) is 10.1 Å². The Kier molecular flexibility index (Phi) is 11.2. The Hall–Kier alpha value is -3.14. The zero-order chi connectivity index (χ0) is 28.4. The van der Waals surface area contributed by atoms with Crippen molar-refractivity contribution in [3.8, 4) is 6.07 Å². The molecule has 1 unspecified atom stereocenters. The number of Topliss-reactive ketones (excluding diaryl/α,β-unsaturated/α-hetero) is 1. The summed E-state index contributed by atoms with van der Waals surface area (Å²) in [4.78, 5) is 18.0. The number of ether oxygens (including phenoxy) is 1. The second-order valence-corrected chi connectivity index (χ2v) is 11.4. The van der Waals surface area contributed by atoms with Crippen LogP contribution in [-0.4, -0.2) is 58.5 Å². The monoisotopic (exact) mass is 556 g/mol. The van der Waals surface area contributed by atoms with E-state index in [4.69, 9.17) is 9.29 Å². The van der Waals surface area contributed by atoms with Crippen molar-refractivity contribution in [2.24, 2.45) is 13.0 Å². The molecule has 1 aromatic carbocycles. The number of rotatable bonds is 16. The number of nitriles is 1. The molecule has 0 bridgehead atoms. The van der Waals surface area contributed by atoms with E-state index in [1.807, 2.05) is 48.9 Å². The van der Waals surface area contributed by atoms with Crippen LogP contribution in [0.2, 0.25) is 0 Å². The van der Waals surface area contributed by atoms with E-state index in [1.54, 1.807) is 6.07 Å². The number of aryl methyl sites for hydroxylation is 1. The van der Waals surface area contributed by atoms with Gasteiger partial charge in [-0.3, -0.25) is 14.7 Å². The second kappa shape index (κ2) is 14.3. The fraction of sp³-hybridized carbons (Fsp3) is 0.464. The Morgan fingerprint density at radius 1 is 1.26 bits per heavy atom. The van der Waals surface area contributed by atoms with Crippen LogP contribution in [0.3, 0.4) is 0 Å². The average molecular weight is 557 g/mol. The lowest BCUT2D eigenvalue weighted by molar-refractivity contribution is 0.0900. The van der Waals surface area contributed by atoms with Crippen molar-refractivity contribution in [1.82, 2.24) is 14.9 Å². The number of pyridine rings is 1. The summed E-state index contributed by atoms with van der Waals surface area (Å²) in [6.45, 7) is 2.87. The van der Waals surface area contributed by atoms with E-state index in [-0.39, 0.29) is 31.1 Å². The van der Waals surface area contributed by atoms with Gasteiger partial charge in [-0.2, -0.15) is 13.7 Å². The van der Waals surface area contributed by atoms with Crippen molar-refractivity contribution >= 4 is 26.9 Å². The molecule has 2 heterocycles. The number of carbonyl (C=O) groups excluding carboxylic acids is 1. The molecule has 11 heteroatoms. The summed E-state index contributed by atoms with van der Waals surface area (Å²) in [6.07, 6.45) is 3.10. The number of nitrogens with zero attached hydrogens (tertiary/aromatic N) is 3. The normalized spacial score (nSPS) is 13.3. The Labute approximate surface area is 229 Å². The zero-order valence-electron chi connectivity index (χ0n) is 22.3. The Morgan fingerprint density at radius 2 is 2.00 bits per heavy atom. The summed E-state index contributed by atoms with van der Waals surface area (Å²) in [6, 6.07) is 13.7. The summed E-state index contributed by atoms with van der Waals surface area (Å²) in [5.41, 5.74) is 3.51. The number of aliphatic hydroxyl groups excluding tert-OH is 1. The zero-order valence-corrected chi connectivity index (χ0v) is 23.2. The first-order valence-electron chi connectivity index (χ1n) is 13.0. The van der Waals surface area contributed by atoms with E-state index in [0.717, 1.165) is 24.1 Å². The van der Waals surface area contributed by atoms with Gasteiger partial charge in [0, 0.05) is 49.5 Å². The lowest BCUT2D eigenvalue weighted by Crippen LogP contribution is -2.34. The highest BCUT2D eigenvalue weighted by Gasteiger charge is 2.24. The number of nitrogens with one attached hydrogen (secondary N) is 1. The predicted octanol–water partition coefficient (Wildman–Crippen LogP) is 3.38. The van der Waals surface area contributed by atoms with E-state index in [9.17, 15) is 23.6 Å². The van der Waals surface area contributed by atoms with Crippen LogP contribution in [-0.2, 0) is 34.9 Å². The van der Waals surface area contributed by atoms with Gasteiger partial charge >= 0.3 is 0 Å². The highest BCUT2D eigenvalue weighted by Crippen LogP contribution is 2.29. The van der Waals surface area contributed by atoms with Crippen LogP contribution in [0.4, 0.5) is 0 Å². The van der Waals surface area contributed by atoms with Gasteiger partial charge < -0.3 is 14.4 Å². The van der Waals surface area contributed by atoms with Gasteiger partial charge in [0.2, 0.25) is 0 Å². The first-order chi connectivity index (χ1) is 18.6. The summed E-state index contributed by atoms with van der Waals surface area (Å²) in [5, 5.41) is 22.9. The molecular formula is C28H36N4O6S. The minimum Gasteiger partial charge on any atom is -0.379 e. The van der Waals surface area contributed by atoms with Gasteiger partial charge in [0.05, 0.1) is 17.9 Å². The molecule has 0 fully saturated rings. The first-order valence-corrected chi connectivity index (χ1v) is 14.6. The first kappa shape index (κ1) is 30.4. The Bertz CT molecular complexity index is 1400. The molecule has 39 heavy (non-hydrogen) atoms. The largest absolute Gasteiger partial charge is 0.379 e. The molecule has 0 radical (unpaired) electrons. The minimum absolute atomic E-state index is 0.105. The number of aliphatic hydroxyl groups is 1. The van der Waals surface area contributed by atoms with Gasteiger partial charge in [0.1, 0.15) is 17.9 Å². The maximum absolute atomic E-state index is 13.6. The van der Waals surface area contributed by atoms with Crippen molar-refractivity contribution in [3.05, 3.63) is 65.0 Å². The number of fused-ring (bicyclic) bond motifs is 1. The fourth-order valence-electron chi connectivity index (χ4n) is 4.61. The average Bonchev–Trinajstić information content (AvgIpc) is 3.16. The van der Waals surface area contributed by atoms with E-state index >= 15 is 0 Å². The van der Waals surface area contributed by atoms with Crippen LogP contribution in [0.15, 0.2) is 42.6 Å². The smallest absolute Gasteiger partial charge is 0.266 e. The van der Waals surface area contributed by atoms with E-state index < -0.39 is 22.1 Å². The standard InChI is InChI=1S/C28H36N4O6S/c1-20(15-26(34)30-11-13-39(35,36)37)14-25(33)27-23-16-22(17-29)18-31-28(23)32(2)24(27)10-6-7-12-38-19-21-8-4-3-5-9-21/h3-5,8-9,16,18,20,26,30,34H,6-7,10-15,19H2,1-2H3,(H,35,36,37)/t20-,26?/m0/s1. The van der Waals surface area contributed by atoms with Gasteiger partial charge in [-0.05, 0) is 43.2 Å². The van der Waals surface area contributed by atoms with Crippen LogP contribution < -0.4 is 5.32 Å². The molecule has 0 saturated carbocycles. The van der Waals surface area contributed by atoms with Gasteiger partial charge in [0.15, 0.2) is 5.78 Å². The van der Waals surface area contributed by atoms with Crippen molar-refractivity contribution < 1.29 is 27.6 Å². The molecule has 0 aliphatic heterocycles. The number of hydrogen-bond acceptors (Lipinski definition) is 8. The lowest BCUT2D eigenvalue weighted by atomic mass is 9.94. The third-order valence-electron chi connectivity index (χ3n) is 6.52. The van der Waals surface area contributed by atoms with E-state index in [0.29, 0.717) is 41.8 Å².